The normalized spacial score (nSPS) is 20.9. The summed E-state index contributed by atoms with van der Waals surface area (Å²) in [6.45, 7) is -0.0173. The fraction of sp³-hybridized carbons (Fsp3) is 0.154. The molecular weight excluding hydrogens is 266 g/mol. The molecule has 20 heavy (non-hydrogen) atoms. The highest BCUT2D eigenvalue weighted by Gasteiger charge is 2.46. The van der Waals surface area contributed by atoms with E-state index in [1.165, 1.54) is 19.5 Å². The van der Waals surface area contributed by atoms with Crippen LogP contribution < -0.4 is 4.59 Å². The molecule has 1 aliphatic heterocycles. The van der Waals surface area contributed by atoms with Crippen LogP contribution in [0.25, 0.3) is 0 Å². The lowest BCUT2D eigenvalue weighted by atomic mass is 10.2. The van der Waals surface area contributed by atoms with Crippen LogP contribution in [0.2, 0.25) is 0 Å². The third-order valence-electron chi connectivity index (χ3n) is 2.93. The van der Waals surface area contributed by atoms with Gasteiger partial charge in [0.25, 0.3) is 0 Å². The molecule has 1 aromatic carbocycles. The first-order valence-electron chi connectivity index (χ1n) is 5.50. The Morgan fingerprint density at radius 2 is 2.15 bits per heavy atom. The number of hydrogen-bond donors (Lipinski definition) is 0. The second kappa shape index (κ2) is 4.72. The molecule has 0 saturated heterocycles. The third-order valence-corrected chi connectivity index (χ3v) is 2.93. The number of carbonyl (C=O) groups excluding carboxylic acids is 1. The minimum Gasteiger partial charge on any atom is -0.233 e. The van der Waals surface area contributed by atoms with Gasteiger partial charge in [0.2, 0.25) is 5.69 Å². The molecule has 0 radical (unpaired) electrons. The van der Waals surface area contributed by atoms with Crippen LogP contribution in [0.1, 0.15) is 5.56 Å². The van der Waals surface area contributed by atoms with Gasteiger partial charge in [0, 0.05) is 12.1 Å². The number of quaternary nitrogens is 1. The summed E-state index contributed by atoms with van der Waals surface area (Å²) in [6, 6.07) is 2.45. The predicted octanol–water partition coefficient (Wildman–Crippen LogP) is 1.79. The molecule has 5 nitrogen and oxygen atoms in total. The van der Waals surface area contributed by atoms with Crippen LogP contribution >= 0.6 is 0 Å². The van der Waals surface area contributed by atoms with Gasteiger partial charge in [-0.2, -0.15) is 5.26 Å². The number of terminal acetylenes is 1. The molecular formula is C13H9F2N4O+. The Morgan fingerprint density at radius 1 is 1.45 bits per heavy atom. The number of benzene rings is 1. The number of urea groups is 1. The van der Waals surface area contributed by atoms with E-state index in [1.54, 1.807) is 0 Å². The summed E-state index contributed by atoms with van der Waals surface area (Å²) in [4.78, 5) is 13.3. The van der Waals surface area contributed by atoms with Crippen LogP contribution in [0.3, 0.4) is 0 Å². The Balaban J connectivity index is 2.51. The monoisotopic (exact) mass is 275 g/mol. The number of carbonyl (C=O) groups is 1. The number of nitrogens with zero attached hydrogens (tertiary/aromatic N) is 4. The first-order chi connectivity index (χ1) is 9.43. The molecule has 1 heterocycles. The molecule has 1 aliphatic rings. The van der Waals surface area contributed by atoms with Crippen LogP contribution in [-0.4, -0.2) is 30.9 Å². The van der Waals surface area contributed by atoms with E-state index in [0.29, 0.717) is 0 Å². The standard InChI is InChI=1S/C13H9F2N4O/c1-3-4-18-8-17-19(2,13(18)20)12-6-10(14)9(7-16)5-11(12)15/h1,5-6,8H,4H2,2H3/q+1. The Hall–Kier alpha value is -2.77. The zero-order valence-corrected chi connectivity index (χ0v) is 10.5. The van der Waals surface area contributed by atoms with Crippen LogP contribution in [-0.2, 0) is 0 Å². The lowest BCUT2D eigenvalue weighted by Gasteiger charge is -2.21. The number of nitriles is 1. The van der Waals surface area contributed by atoms with Gasteiger partial charge >= 0.3 is 6.03 Å². The summed E-state index contributed by atoms with van der Waals surface area (Å²) in [6.07, 6.45) is 6.29. The second-order valence-electron chi connectivity index (χ2n) is 4.20. The van der Waals surface area contributed by atoms with E-state index in [-0.39, 0.29) is 12.2 Å². The molecule has 0 spiro atoms. The van der Waals surface area contributed by atoms with Gasteiger partial charge in [-0.15, -0.1) is 6.42 Å². The largest absolute Gasteiger partial charge is 0.457 e. The van der Waals surface area contributed by atoms with Crippen molar-refractivity contribution in [1.29, 1.82) is 5.26 Å². The van der Waals surface area contributed by atoms with E-state index in [0.717, 1.165) is 17.0 Å². The van der Waals surface area contributed by atoms with Crippen LogP contribution in [0.5, 0.6) is 0 Å². The highest BCUT2D eigenvalue weighted by Crippen LogP contribution is 2.31. The fourth-order valence-electron chi connectivity index (χ4n) is 1.84. The molecule has 1 atom stereocenters. The molecule has 0 N–H and O–H groups in total. The van der Waals surface area contributed by atoms with Crippen molar-refractivity contribution in [3.05, 3.63) is 29.3 Å². The molecule has 1 unspecified atom stereocenters. The van der Waals surface area contributed by atoms with Gasteiger partial charge in [0.1, 0.15) is 18.9 Å². The number of rotatable bonds is 2. The van der Waals surface area contributed by atoms with Crippen molar-refractivity contribution in [2.24, 2.45) is 5.10 Å². The molecule has 100 valence electrons. The van der Waals surface area contributed by atoms with Gasteiger partial charge in [-0.25, -0.2) is 18.5 Å². The topological polar surface area (TPSA) is 56.5 Å². The summed E-state index contributed by atoms with van der Waals surface area (Å²) in [5.41, 5.74) is -0.726. The quantitative estimate of drug-likeness (QED) is 0.610. The minimum atomic E-state index is -0.915. The van der Waals surface area contributed by atoms with E-state index in [4.69, 9.17) is 11.7 Å². The minimum absolute atomic E-state index is 0.0173. The van der Waals surface area contributed by atoms with Gasteiger partial charge in [-0.3, -0.25) is 0 Å². The molecule has 2 rings (SSSR count). The van der Waals surface area contributed by atoms with Crippen LogP contribution in [0.15, 0.2) is 17.2 Å². The third kappa shape index (κ3) is 1.91. The molecule has 7 heteroatoms. The Morgan fingerprint density at radius 3 is 2.75 bits per heavy atom. The molecule has 0 bridgehead atoms. The number of amides is 2. The Kier molecular flexibility index (Phi) is 3.23. The SMILES string of the molecule is C#CCN1C=N[N+](C)(c2cc(F)c(C#N)cc2F)C1=O. The highest BCUT2D eigenvalue weighted by molar-refractivity contribution is 5.98. The van der Waals surface area contributed by atoms with Crippen LogP contribution in [0, 0.1) is 35.3 Å². The zero-order chi connectivity index (χ0) is 14.9. The average molecular weight is 275 g/mol. The van der Waals surface area contributed by atoms with Gasteiger partial charge in [-0.1, -0.05) is 15.6 Å². The average Bonchev–Trinajstić information content (AvgIpc) is 2.71. The van der Waals surface area contributed by atoms with Crippen molar-refractivity contribution >= 4 is 18.1 Å². The first-order valence-corrected chi connectivity index (χ1v) is 5.50. The first kappa shape index (κ1) is 13.7. The summed E-state index contributed by atoms with van der Waals surface area (Å²) in [5.74, 6) is 0.461. The maximum atomic E-state index is 14.0. The molecule has 0 aliphatic carbocycles. The highest BCUT2D eigenvalue weighted by atomic mass is 19.1. The lowest BCUT2D eigenvalue weighted by molar-refractivity contribution is 0.201. The van der Waals surface area contributed by atoms with Crippen molar-refractivity contribution in [1.82, 2.24) is 9.49 Å². The summed E-state index contributed by atoms with van der Waals surface area (Å²) >= 11 is 0. The molecule has 0 saturated carbocycles. The number of hydrogen-bond acceptors (Lipinski definition) is 3. The van der Waals surface area contributed by atoms with Gasteiger partial charge in [-0.05, 0) is 0 Å². The molecule has 0 aromatic heterocycles. The Bertz CT molecular complexity index is 702. The van der Waals surface area contributed by atoms with E-state index < -0.39 is 27.8 Å². The summed E-state index contributed by atoms with van der Waals surface area (Å²) < 4.78 is 26.8. The fourth-order valence-corrected chi connectivity index (χ4v) is 1.84. The summed E-state index contributed by atoms with van der Waals surface area (Å²) in [7, 11) is 1.30. The molecule has 2 amide bonds. The molecule has 0 fully saturated rings. The van der Waals surface area contributed by atoms with E-state index in [1.807, 2.05) is 0 Å². The lowest BCUT2D eigenvalue weighted by Crippen LogP contribution is -2.47. The zero-order valence-electron chi connectivity index (χ0n) is 10.5. The van der Waals surface area contributed by atoms with E-state index >= 15 is 0 Å². The maximum Gasteiger partial charge on any atom is 0.457 e. The molecule has 1 aromatic rings. The van der Waals surface area contributed by atoms with Crippen molar-refractivity contribution in [2.75, 3.05) is 13.6 Å². The van der Waals surface area contributed by atoms with Crippen molar-refractivity contribution in [3.63, 3.8) is 0 Å². The second-order valence-corrected chi connectivity index (χ2v) is 4.20. The predicted molar refractivity (Wildman–Crippen MR) is 68.2 cm³/mol. The van der Waals surface area contributed by atoms with E-state index in [9.17, 15) is 13.6 Å². The Labute approximate surface area is 113 Å². The van der Waals surface area contributed by atoms with E-state index in [2.05, 4.69) is 11.0 Å². The smallest absolute Gasteiger partial charge is 0.233 e. The van der Waals surface area contributed by atoms with Crippen molar-refractivity contribution < 1.29 is 13.6 Å². The van der Waals surface area contributed by atoms with Gasteiger partial charge in [0.05, 0.1) is 12.1 Å². The van der Waals surface area contributed by atoms with Gasteiger partial charge < -0.3 is 0 Å². The van der Waals surface area contributed by atoms with Crippen molar-refractivity contribution in [3.8, 4) is 18.4 Å². The van der Waals surface area contributed by atoms with Crippen molar-refractivity contribution in [2.45, 2.75) is 0 Å². The maximum absolute atomic E-state index is 14.0. The van der Waals surface area contributed by atoms with Crippen LogP contribution in [0.4, 0.5) is 19.3 Å². The number of halogens is 2. The summed E-state index contributed by atoms with van der Waals surface area (Å²) in [5, 5.41) is 12.5. The van der Waals surface area contributed by atoms with Gasteiger partial charge in [0.15, 0.2) is 12.2 Å².